The molecule has 1 unspecified atom stereocenters. The minimum atomic E-state index is -0.0884. The Bertz CT molecular complexity index is 567. The van der Waals surface area contributed by atoms with Crippen LogP contribution in [0.2, 0.25) is 0 Å². The maximum atomic E-state index is 11.9. The Balaban J connectivity index is 1.76. The number of benzene rings is 1. The third kappa shape index (κ3) is 4.96. The fourth-order valence-electron chi connectivity index (χ4n) is 1.98. The Hall–Kier alpha value is -2.27. The van der Waals surface area contributed by atoms with Gasteiger partial charge in [0.25, 0.3) is 0 Å². The van der Waals surface area contributed by atoms with Gasteiger partial charge in [-0.1, -0.05) is 6.07 Å². The van der Waals surface area contributed by atoms with Crippen LogP contribution in [-0.4, -0.2) is 25.6 Å². The molecule has 5 heteroatoms. The Morgan fingerprint density at radius 1 is 1.33 bits per heavy atom. The lowest BCUT2D eigenvalue weighted by molar-refractivity contribution is -0.115. The summed E-state index contributed by atoms with van der Waals surface area (Å²) in [7, 11) is 1.60. The summed E-state index contributed by atoms with van der Waals surface area (Å²) in [6.45, 7) is 2.26. The summed E-state index contributed by atoms with van der Waals surface area (Å²) in [6.07, 6.45) is 2.40. The van der Waals surface area contributed by atoms with Gasteiger partial charge in [0, 0.05) is 24.2 Å². The van der Waals surface area contributed by atoms with Crippen molar-refractivity contribution >= 4 is 11.6 Å². The van der Waals surface area contributed by atoms with Crippen molar-refractivity contribution in [2.45, 2.75) is 19.4 Å². The molecular formula is C16H20N2O3. The van der Waals surface area contributed by atoms with Gasteiger partial charge in [0.1, 0.15) is 11.5 Å². The second-order valence-electron chi connectivity index (χ2n) is 4.85. The highest BCUT2D eigenvalue weighted by Crippen LogP contribution is 2.16. The summed E-state index contributed by atoms with van der Waals surface area (Å²) >= 11 is 0. The number of carbonyl (C=O) groups excluding carboxylic acids is 1. The van der Waals surface area contributed by atoms with Crippen molar-refractivity contribution in [1.82, 2.24) is 5.32 Å². The van der Waals surface area contributed by atoms with Gasteiger partial charge in [-0.25, -0.2) is 0 Å². The summed E-state index contributed by atoms with van der Waals surface area (Å²) in [5.74, 6) is 1.53. The molecule has 1 atom stereocenters. The molecule has 1 aromatic heterocycles. The molecule has 0 saturated carbocycles. The molecule has 2 N–H and O–H groups in total. The van der Waals surface area contributed by atoms with Gasteiger partial charge < -0.3 is 19.8 Å². The molecule has 2 rings (SSSR count). The van der Waals surface area contributed by atoms with E-state index in [1.165, 1.54) is 0 Å². The highest BCUT2D eigenvalue weighted by atomic mass is 16.5. The Kier molecular flexibility index (Phi) is 5.40. The molecule has 1 amide bonds. The number of methoxy groups -OCH3 is 1. The third-order valence-corrected chi connectivity index (χ3v) is 3.05. The van der Waals surface area contributed by atoms with Gasteiger partial charge in [0.2, 0.25) is 5.91 Å². The van der Waals surface area contributed by atoms with E-state index in [0.717, 1.165) is 17.9 Å². The molecule has 0 aliphatic carbocycles. The van der Waals surface area contributed by atoms with Crippen LogP contribution in [0, 0.1) is 0 Å². The van der Waals surface area contributed by atoms with Gasteiger partial charge in [-0.15, -0.1) is 0 Å². The normalized spacial score (nSPS) is 11.9. The van der Waals surface area contributed by atoms with Crippen molar-refractivity contribution in [3.8, 4) is 5.75 Å². The molecule has 0 fully saturated rings. The second kappa shape index (κ2) is 7.50. The summed E-state index contributed by atoms with van der Waals surface area (Å²) < 4.78 is 10.4. The van der Waals surface area contributed by atoms with Crippen molar-refractivity contribution in [1.29, 1.82) is 0 Å². The van der Waals surface area contributed by atoms with Crippen molar-refractivity contribution < 1.29 is 13.9 Å². The molecule has 0 spiro atoms. The number of hydrogen-bond donors (Lipinski definition) is 2. The zero-order valence-electron chi connectivity index (χ0n) is 12.3. The summed E-state index contributed by atoms with van der Waals surface area (Å²) in [5, 5.41) is 5.99. The maximum absolute atomic E-state index is 11.9. The molecule has 0 radical (unpaired) electrons. The molecule has 0 aliphatic heterocycles. The lowest BCUT2D eigenvalue weighted by atomic mass is 10.2. The van der Waals surface area contributed by atoms with Crippen LogP contribution in [0.3, 0.4) is 0 Å². The average Bonchev–Trinajstić information content (AvgIpc) is 2.98. The first-order chi connectivity index (χ1) is 10.2. The topological polar surface area (TPSA) is 63.5 Å². The van der Waals surface area contributed by atoms with Gasteiger partial charge in [-0.2, -0.15) is 0 Å². The number of carbonyl (C=O) groups is 1. The first kappa shape index (κ1) is 15.1. The predicted molar refractivity (Wildman–Crippen MR) is 81.5 cm³/mol. The third-order valence-electron chi connectivity index (χ3n) is 3.05. The van der Waals surface area contributed by atoms with E-state index in [0.29, 0.717) is 5.75 Å². The molecular weight excluding hydrogens is 268 g/mol. The zero-order valence-corrected chi connectivity index (χ0v) is 12.3. The smallest absolute Gasteiger partial charge is 0.238 e. The number of nitrogens with one attached hydrogen (secondary N) is 2. The summed E-state index contributed by atoms with van der Waals surface area (Å²) in [6, 6.07) is 11.2. The first-order valence-electron chi connectivity index (χ1n) is 6.87. The average molecular weight is 288 g/mol. The van der Waals surface area contributed by atoms with Crippen LogP contribution < -0.4 is 15.4 Å². The van der Waals surface area contributed by atoms with Crippen molar-refractivity contribution in [2.24, 2.45) is 0 Å². The Morgan fingerprint density at radius 3 is 2.90 bits per heavy atom. The molecule has 0 saturated heterocycles. The molecule has 21 heavy (non-hydrogen) atoms. The fraction of sp³-hybridized carbons (Fsp3) is 0.312. The van der Waals surface area contributed by atoms with Gasteiger partial charge >= 0.3 is 0 Å². The maximum Gasteiger partial charge on any atom is 0.238 e. The van der Waals surface area contributed by atoms with Gasteiger partial charge in [0.05, 0.1) is 19.9 Å². The van der Waals surface area contributed by atoms with Crippen LogP contribution >= 0.6 is 0 Å². The molecule has 0 bridgehead atoms. The quantitative estimate of drug-likeness (QED) is 0.821. The largest absolute Gasteiger partial charge is 0.497 e. The van der Waals surface area contributed by atoms with Crippen LogP contribution in [0.5, 0.6) is 5.75 Å². The van der Waals surface area contributed by atoms with E-state index in [1.54, 1.807) is 19.4 Å². The molecule has 5 nitrogen and oxygen atoms in total. The Labute approximate surface area is 124 Å². The van der Waals surface area contributed by atoms with E-state index < -0.39 is 0 Å². The van der Waals surface area contributed by atoms with E-state index in [-0.39, 0.29) is 18.5 Å². The van der Waals surface area contributed by atoms with Gasteiger partial charge in [-0.05, 0) is 31.2 Å². The second-order valence-corrected chi connectivity index (χ2v) is 4.85. The summed E-state index contributed by atoms with van der Waals surface area (Å²) in [4.78, 5) is 11.9. The van der Waals surface area contributed by atoms with E-state index in [1.807, 2.05) is 37.3 Å². The van der Waals surface area contributed by atoms with Crippen LogP contribution in [0.15, 0.2) is 47.1 Å². The van der Waals surface area contributed by atoms with E-state index in [2.05, 4.69) is 10.6 Å². The van der Waals surface area contributed by atoms with Crippen LogP contribution in [0.1, 0.15) is 12.7 Å². The highest BCUT2D eigenvalue weighted by molar-refractivity contribution is 5.92. The number of ether oxygens (including phenoxy) is 1. The van der Waals surface area contributed by atoms with Crippen LogP contribution in [0.25, 0.3) is 0 Å². The molecule has 112 valence electrons. The zero-order chi connectivity index (χ0) is 15.1. The first-order valence-corrected chi connectivity index (χ1v) is 6.87. The van der Waals surface area contributed by atoms with Gasteiger partial charge in [-0.3, -0.25) is 4.79 Å². The van der Waals surface area contributed by atoms with Crippen molar-refractivity contribution in [3.63, 3.8) is 0 Å². The van der Waals surface area contributed by atoms with E-state index in [9.17, 15) is 4.79 Å². The number of rotatable bonds is 7. The monoisotopic (exact) mass is 288 g/mol. The number of furan rings is 1. The highest BCUT2D eigenvalue weighted by Gasteiger charge is 2.08. The molecule has 2 aromatic rings. The minimum absolute atomic E-state index is 0.0884. The van der Waals surface area contributed by atoms with E-state index >= 15 is 0 Å². The van der Waals surface area contributed by atoms with Crippen LogP contribution in [0.4, 0.5) is 5.69 Å². The predicted octanol–water partition coefficient (Wildman–Crippen LogP) is 2.45. The molecule has 1 heterocycles. The van der Waals surface area contributed by atoms with Gasteiger partial charge in [0.15, 0.2) is 0 Å². The molecule has 1 aromatic carbocycles. The number of amides is 1. The fourth-order valence-corrected chi connectivity index (χ4v) is 1.98. The number of anilines is 1. The minimum Gasteiger partial charge on any atom is -0.497 e. The van der Waals surface area contributed by atoms with E-state index in [4.69, 9.17) is 9.15 Å². The van der Waals surface area contributed by atoms with Crippen LogP contribution in [-0.2, 0) is 11.2 Å². The molecule has 0 aliphatic rings. The SMILES string of the molecule is COc1cccc(NC(=O)CNC(C)Cc2ccco2)c1. The Morgan fingerprint density at radius 2 is 2.19 bits per heavy atom. The lowest BCUT2D eigenvalue weighted by Crippen LogP contribution is -2.35. The van der Waals surface area contributed by atoms with Crippen molar-refractivity contribution in [2.75, 3.05) is 19.0 Å². The summed E-state index contributed by atoms with van der Waals surface area (Å²) in [5.41, 5.74) is 0.722. The lowest BCUT2D eigenvalue weighted by Gasteiger charge is -2.12. The number of hydrogen-bond acceptors (Lipinski definition) is 4. The standard InChI is InChI=1S/C16H20N2O3/c1-12(9-15-7-4-8-21-15)17-11-16(19)18-13-5-3-6-14(10-13)20-2/h3-8,10,12,17H,9,11H2,1-2H3,(H,18,19). The van der Waals surface area contributed by atoms with Crippen molar-refractivity contribution in [3.05, 3.63) is 48.4 Å².